The normalized spacial score (nSPS) is 11.5. The van der Waals surface area contributed by atoms with Gasteiger partial charge in [0.25, 0.3) is 0 Å². The summed E-state index contributed by atoms with van der Waals surface area (Å²) in [7, 11) is 0. The van der Waals surface area contributed by atoms with Crippen LogP contribution < -0.4 is 0 Å². The highest BCUT2D eigenvalue weighted by Gasteiger charge is 2.37. The van der Waals surface area contributed by atoms with Gasteiger partial charge in [0, 0.05) is 6.42 Å². The highest BCUT2D eigenvalue weighted by atomic mass is 19.3. The molecule has 0 heterocycles. The predicted molar refractivity (Wildman–Crippen MR) is 104 cm³/mol. The quantitative estimate of drug-likeness (QED) is 0.445. The van der Waals surface area contributed by atoms with Crippen molar-refractivity contribution in [1.82, 2.24) is 0 Å². The Kier molecular flexibility index (Phi) is 8.43. The maximum Gasteiger partial charge on any atom is 0.374 e. The molecule has 2 aromatic carbocycles. The van der Waals surface area contributed by atoms with E-state index in [-0.39, 0.29) is 6.42 Å². The van der Waals surface area contributed by atoms with Gasteiger partial charge in [0.2, 0.25) is 0 Å². The van der Waals surface area contributed by atoms with Gasteiger partial charge < -0.3 is 5.11 Å². The number of carboxylic acids is 1. The molecule has 0 atom stereocenters. The number of hydrogen-bond donors (Lipinski definition) is 1. The summed E-state index contributed by atoms with van der Waals surface area (Å²) in [5, 5.41) is 8.36. The summed E-state index contributed by atoms with van der Waals surface area (Å²) in [5.74, 6) is -5.59. The summed E-state index contributed by atoms with van der Waals surface area (Å²) >= 11 is 0. The van der Waals surface area contributed by atoms with Crippen molar-refractivity contribution >= 4 is 5.97 Å². The van der Waals surface area contributed by atoms with Crippen molar-refractivity contribution in [3.63, 3.8) is 0 Å². The van der Waals surface area contributed by atoms with Crippen LogP contribution in [-0.2, 0) is 17.6 Å². The molecule has 2 nitrogen and oxygen atoms in total. The molecule has 4 heteroatoms. The van der Waals surface area contributed by atoms with Crippen LogP contribution in [0, 0.1) is 0 Å². The zero-order valence-electron chi connectivity index (χ0n) is 15.7. The minimum absolute atomic E-state index is 0.266. The minimum Gasteiger partial charge on any atom is -0.477 e. The average Bonchev–Trinajstić information content (AvgIpc) is 2.66. The van der Waals surface area contributed by atoms with E-state index in [0.717, 1.165) is 38.5 Å². The van der Waals surface area contributed by atoms with Gasteiger partial charge in [-0.3, -0.25) is 0 Å². The number of hydrogen-bond acceptors (Lipinski definition) is 1. The molecule has 0 unspecified atom stereocenters. The van der Waals surface area contributed by atoms with Crippen molar-refractivity contribution in [2.75, 3.05) is 0 Å². The first-order valence-electron chi connectivity index (χ1n) is 9.70. The minimum atomic E-state index is -3.58. The first kappa shape index (κ1) is 21.1. The van der Waals surface area contributed by atoms with Crippen LogP contribution in [0.4, 0.5) is 8.78 Å². The standard InChI is InChI=1S/C23H28F2O2/c24-23(25,22(26)27)17-9-4-2-1-3-6-10-19-13-15-21(16-14-19)18-20-11-7-5-8-12-20/h5,7-8,11-16H,1-4,6,9-10,17-18H2,(H,26,27). The summed E-state index contributed by atoms with van der Waals surface area (Å²) in [6, 6.07) is 19.2. The number of alkyl halides is 2. The molecule has 1 N–H and O–H groups in total. The topological polar surface area (TPSA) is 37.3 Å². The number of halogens is 2. The number of aryl methyl sites for hydroxylation is 1. The van der Waals surface area contributed by atoms with Crippen molar-refractivity contribution < 1.29 is 18.7 Å². The lowest BCUT2D eigenvalue weighted by atomic mass is 10.0. The molecule has 146 valence electrons. The molecule has 0 aliphatic carbocycles. The van der Waals surface area contributed by atoms with Crippen LogP contribution in [0.15, 0.2) is 54.6 Å². The molecule has 0 amide bonds. The molecule has 0 radical (unpaired) electrons. The lowest BCUT2D eigenvalue weighted by Crippen LogP contribution is -2.27. The number of carbonyl (C=O) groups is 1. The van der Waals surface area contributed by atoms with Crippen LogP contribution in [0.5, 0.6) is 0 Å². The molecule has 2 rings (SSSR count). The molecule has 0 saturated heterocycles. The van der Waals surface area contributed by atoms with Gasteiger partial charge in [-0.15, -0.1) is 0 Å². The van der Waals surface area contributed by atoms with Crippen molar-refractivity contribution in [2.24, 2.45) is 0 Å². The second-order valence-electron chi connectivity index (χ2n) is 7.11. The molecular formula is C23H28F2O2. The van der Waals surface area contributed by atoms with Gasteiger partial charge in [0.15, 0.2) is 0 Å². The second kappa shape index (κ2) is 10.8. The molecule has 27 heavy (non-hydrogen) atoms. The fourth-order valence-corrected chi connectivity index (χ4v) is 3.15. The van der Waals surface area contributed by atoms with E-state index < -0.39 is 18.3 Å². The molecular weight excluding hydrogens is 346 g/mol. The van der Waals surface area contributed by atoms with E-state index in [1.165, 1.54) is 16.7 Å². The van der Waals surface area contributed by atoms with Gasteiger partial charge in [-0.25, -0.2) is 4.79 Å². The maximum absolute atomic E-state index is 12.9. The lowest BCUT2D eigenvalue weighted by Gasteiger charge is -2.10. The van der Waals surface area contributed by atoms with Gasteiger partial charge in [0.1, 0.15) is 0 Å². The Balaban J connectivity index is 1.56. The monoisotopic (exact) mass is 374 g/mol. The summed E-state index contributed by atoms with van der Waals surface area (Å²) in [6.45, 7) is 0. The Morgan fingerprint density at radius 3 is 1.89 bits per heavy atom. The van der Waals surface area contributed by atoms with Gasteiger partial charge in [-0.2, -0.15) is 8.78 Å². The summed E-state index contributed by atoms with van der Waals surface area (Å²) in [6.07, 6.45) is 6.39. The number of rotatable bonds is 12. The van der Waals surface area contributed by atoms with E-state index in [4.69, 9.17) is 5.11 Å². The number of carboxylic acid groups (broad SMARTS) is 1. The number of benzene rings is 2. The van der Waals surface area contributed by atoms with Crippen molar-refractivity contribution in [2.45, 2.75) is 63.7 Å². The Hall–Kier alpha value is -2.23. The van der Waals surface area contributed by atoms with E-state index in [2.05, 4.69) is 48.5 Å². The molecule has 0 bridgehead atoms. The van der Waals surface area contributed by atoms with E-state index in [9.17, 15) is 13.6 Å². The van der Waals surface area contributed by atoms with Crippen LogP contribution in [0.25, 0.3) is 0 Å². The largest absolute Gasteiger partial charge is 0.477 e. The third-order valence-corrected chi connectivity index (χ3v) is 4.79. The number of aliphatic carboxylic acids is 1. The second-order valence-corrected chi connectivity index (χ2v) is 7.11. The van der Waals surface area contributed by atoms with E-state index >= 15 is 0 Å². The van der Waals surface area contributed by atoms with Crippen LogP contribution in [0.1, 0.15) is 61.6 Å². The van der Waals surface area contributed by atoms with Crippen molar-refractivity contribution in [1.29, 1.82) is 0 Å². The first-order chi connectivity index (χ1) is 13.0. The van der Waals surface area contributed by atoms with Gasteiger partial charge in [0.05, 0.1) is 0 Å². The van der Waals surface area contributed by atoms with Gasteiger partial charge in [-0.05, 0) is 42.4 Å². The van der Waals surface area contributed by atoms with Crippen LogP contribution >= 0.6 is 0 Å². The van der Waals surface area contributed by atoms with Gasteiger partial charge in [-0.1, -0.05) is 80.3 Å². The fraction of sp³-hybridized carbons (Fsp3) is 0.435. The molecule has 0 aromatic heterocycles. The lowest BCUT2D eigenvalue weighted by molar-refractivity contribution is -0.165. The average molecular weight is 374 g/mol. The Morgan fingerprint density at radius 2 is 1.26 bits per heavy atom. The summed E-state index contributed by atoms with van der Waals surface area (Å²) < 4.78 is 25.8. The number of unbranched alkanes of at least 4 members (excludes halogenated alkanes) is 5. The molecule has 0 saturated carbocycles. The molecule has 2 aromatic rings. The Bertz CT molecular complexity index is 681. The van der Waals surface area contributed by atoms with Crippen LogP contribution in [0.3, 0.4) is 0 Å². The zero-order valence-corrected chi connectivity index (χ0v) is 15.7. The maximum atomic E-state index is 12.9. The summed E-state index contributed by atoms with van der Waals surface area (Å²) in [4.78, 5) is 10.3. The SMILES string of the molecule is O=C(O)C(F)(F)CCCCCCCCc1ccc(Cc2ccccc2)cc1. The highest BCUT2D eigenvalue weighted by molar-refractivity contribution is 5.75. The molecule has 0 aliphatic rings. The van der Waals surface area contributed by atoms with Gasteiger partial charge >= 0.3 is 11.9 Å². The van der Waals surface area contributed by atoms with E-state index in [1.54, 1.807) is 0 Å². The van der Waals surface area contributed by atoms with Crippen molar-refractivity contribution in [3.8, 4) is 0 Å². The first-order valence-corrected chi connectivity index (χ1v) is 9.70. The molecule has 0 aliphatic heterocycles. The van der Waals surface area contributed by atoms with Crippen LogP contribution in [-0.4, -0.2) is 17.0 Å². The Morgan fingerprint density at radius 1 is 0.741 bits per heavy atom. The Labute approximate surface area is 160 Å². The third-order valence-electron chi connectivity index (χ3n) is 4.79. The van der Waals surface area contributed by atoms with E-state index in [1.807, 2.05) is 6.07 Å². The highest BCUT2D eigenvalue weighted by Crippen LogP contribution is 2.22. The van der Waals surface area contributed by atoms with Crippen molar-refractivity contribution in [3.05, 3.63) is 71.3 Å². The third kappa shape index (κ3) is 7.90. The van der Waals surface area contributed by atoms with E-state index in [0.29, 0.717) is 6.42 Å². The molecule has 0 fully saturated rings. The fourth-order valence-electron chi connectivity index (χ4n) is 3.15. The zero-order chi connectivity index (χ0) is 19.5. The summed E-state index contributed by atoms with van der Waals surface area (Å²) in [5.41, 5.74) is 3.95. The molecule has 0 spiro atoms. The predicted octanol–water partition coefficient (Wildman–Crippen LogP) is 6.27. The van der Waals surface area contributed by atoms with Crippen LogP contribution in [0.2, 0.25) is 0 Å². The smallest absolute Gasteiger partial charge is 0.374 e.